The molecule has 3 atom stereocenters. The molecule has 2 rings (SSSR count). The van der Waals surface area contributed by atoms with Crippen molar-refractivity contribution < 1.29 is 0 Å². The average Bonchev–Trinajstić information content (AvgIpc) is 3.04. The summed E-state index contributed by atoms with van der Waals surface area (Å²) in [5.41, 5.74) is 3.07. The first-order valence-corrected chi connectivity index (χ1v) is 8.12. The van der Waals surface area contributed by atoms with Crippen LogP contribution in [0.5, 0.6) is 0 Å². The van der Waals surface area contributed by atoms with Gasteiger partial charge in [0, 0.05) is 15.8 Å². The minimum atomic E-state index is 0.463. The second-order valence-corrected chi connectivity index (χ2v) is 6.80. The van der Waals surface area contributed by atoms with Crippen LogP contribution in [-0.2, 0) is 12.8 Å². The van der Waals surface area contributed by atoms with Gasteiger partial charge in [-0.3, -0.25) is 11.3 Å². The van der Waals surface area contributed by atoms with Crippen molar-refractivity contribution in [2.45, 2.75) is 58.4 Å². The molecule has 102 valence electrons. The SMILES string of the molecule is CCc1ccc(CC(NN)C2CCC(CC)C2)s1. The molecule has 3 unspecified atom stereocenters. The molecule has 1 aromatic heterocycles. The van der Waals surface area contributed by atoms with Gasteiger partial charge < -0.3 is 0 Å². The average molecular weight is 266 g/mol. The summed E-state index contributed by atoms with van der Waals surface area (Å²) in [5.74, 6) is 7.48. The van der Waals surface area contributed by atoms with E-state index in [0.717, 1.165) is 24.7 Å². The van der Waals surface area contributed by atoms with Crippen LogP contribution in [0.25, 0.3) is 0 Å². The Hall–Kier alpha value is -0.380. The van der Waals surface area contributed by atoms with Gasteiger partial charge in [0.2, 0.25) is 0 Å². The Morgan fingerprint density at radius 2 is 2.11 bits per heavy atom. The quantitative estimate of drug-likeness (QED) is 0.611. The van der Waals surface area contributed by atoms with E-state index in [0.29, 0.717) is 6.04 Å². The number of aryl methyl sites for hydroxylation is 1. The fraction of sp³-hybridized carbons (Fsp3) is 0.733. The van der Waals surface area contributed by atoms with Crippen LogP contribution in [-0.4, -0.2) is 6.04 Å². The van der Waals surface area contributed by atoms with Crippen molar-refractivity contribution >= 4 is 11.3 Å². The van der Waals surface area contributed by atoms with Gasteiger partial charge in [-0.25, -0.2) is 0 Å². The molecular weight excluding hydrogens is 240 g/mol. The Balaban J connectivity index is 1.93. The lowest BCUT2D eigenvalue weighted by Crippen LogP contribution is -2.41. The molecule has 0 spiro atoms. The van der Waals surface area contributed by atoms with Crippen LogP contribution in [0, 0.1) is 11.8 Å². The molecule has 0 aliphatic heterocycles. The van der Waals surface area contributed by atoms with Crippen LogP contribution in [0.15, 0.2) is 12.1 Å². The van der Waals surface area contributed by atoms with Crippen LogP contribution in [0.3, 0.4) is 0 Å². The monoisotopic (exact) mass is 266 g/mol. The first-order valence-electron chi connectivity index (χ1n) is 7.30. The van der Waals surface area contributed by atoms with E-state index < -0.39 is 0 Å². The van der Waals surface area contributed by atoms with E-state index in [4.69, 9.17) is 5.84 Å². The third kappa shape index (κ3) is 3.34. The highest BCUT2D eigenvalue weighted by molar-refractivity contribution is 7.11. The van der Waals surface area contributed by atoms with Crippen molar-refractivity contribution in [1.82, 2.24) is 5.43 Å². The van der Waals surface area contributed by atoms with Gasteiger partial charge in [0.1, 0.15) is 0 Å². The van der Waals surface area contributed by atoms with Gasteiger partial charge in [-0.1, -0.05) is 26.7 Å². The fourth-order valence-corrected chi connectivity index (χ4v) is 4.17. The van der Waals surface area contributed by atoms with E-state index in [-0.39, 0.29) is 0 Å². The van der Waals surface area contributed by atoms with Crippen LogP contribution >= 0.6 is 11.3 Å². The van der Waals surface area contributed by atoms with Crippen LogP contribution < -0.4 is 11.3 Å². The highest BCUT2D eigenvalue weighted by Crippen LogP contribution is 2.36. The maximum absolute atomic E-state index is 5.78. The summed E-state index contributed by atoms with van der Waals surface area (Å²) in [7, 11) is 0. The predicted octanol–water partition coefficient (Wildman–Crippen LogP) is 3.51. The van der Waals surface area contributed by atoms with E-state index in [9.17, 15) is 0 Å². The molecule has 0 aromatic carbocycles. The summed E-state index contributed by atoms with van der Waals surface area (Å²) < 4.78 is 0. The number of nitrogens with two attached hydrogens (primary N) is 1. The molecule has 18 heavy (non-hydrogen) atoms. The Morgan fingerprint density at radius 3 is 2.67 bits per heavy atom. The van der Waals surface area contributed by atoms with Crippen molar-refractivity contribution in [3.8, 4) is 0 Å². The molecule has 1 saturated carbocycles. The summed E-state index contributed by atoms with van der Waals surface area (Å²) in [5, 5.41) is 0. The number of nitrogens with one attached hydrogen (secondary N) is 1. The maximum atomic E-state index is 5.78. The lowest BCUT2D eigenvalue weighted by molar-refractivity contribution is 0.349. The molecular formula is C15H26N2S. The molecule has 1 aromatic rings. The van der Waals surface area contributed by atoms with Gasteiger partial charge in [0.05, 0.1) is 0 Å². The highest BCUT2D eigenvalue weighted by Gasteiger charge is 2.29. The third-order valence-electron chi connectivity index (χ3n) is 4.43. The van der Waals surface area contributed by atoms with Gasteiger partial charge in [-0.15, -0.1) is 11.3 Å². The van der Waals surface area contributed by atoms with Crippen LogP contribution in [0.2, 0.25) is 0 Å². The zero-order valence-corrected chi connectivity index (χ0v) is 12.4. The molecule has 0 radical (unpaired) electrons. The predicted molar refractivity (Wildman–Crippen MR) is 79.6 cm³/mol. The van der Waals surface area contributed by atoms with Crippen molar-refractivity contribution in [1.29, 1.82) is 0 Å². The first kappa shape index (κ1) is 14.0. The van der Waals surface area contributed by atoms with E-state index in [1.807, 2.05) is 11.3 Å². The Morgan fingerprint density at radius 1 is 1.33 bits per heavy atom. The number of rotatable bonds is 6. The molecule has 2 nitrogen and oxygen atoms in total. The molecule has 1 aliphatic rings. The topological polar surface area (TPSA) is 38.0 Å². The van der Waals surface area contributed by atoms with E-state index >= 15 is 0 Å². The Bertz CT molecular complexity index is 361. The minimum Gasteiger partial charge on any atom is -0.271 e. The second kappa shape index (κ2) is 6.69. The van der Waals surface area contributed by atoms with E-state index in [2.05, 4.69) is 31.4 Å². The molecule has 3 heteroatoms. The van der Waals surface area contributed by atoms with Crippen molar-refractivity contribution in [3.63, 3.8) is 0 Å². The lowest BCUT2D eigenvalue weighted by Gasteiger charge is -2.22. The van der Waals surface area contributed by atoms with Gasteiger partial charge in [0.15, 0.2) is 0 Å². The second-order valence-electron chi connectivity index (χ2n) is 5.55. The normalized spacial score (nSPS) is 25.5. The standard InChI is InChI=1S/C15H26N2S/c1-3-11-5-6-12(9-11)15(17-16)10-14-8-7-13(4-2)18-14/h7-8,11-12,15,17H,3-6,9-10,16H2,1-2H3. The molecule has 1 fully saturated rings. The first-order chi connectivity index (χ1) is 8.76. The summed E-state index contributed by atoms with van der Waals surface area (Å²) in [6, 6.07) is 5.00. The number of hydrogen-bond acceptors (Lipinski definition) is 3. The highest BCUT2D eigenvalue weighted by atomic mass is 32.1. The smallest absolute Gasteiger partial charge is 0.0287 e. The summed E-state index contributed by atoms with van der Waals surface area (Å²) in [6.45, 7) is 4.53. The molecule has 0 amide bonds. The van der Waals surface area contributed by atoms with Gasteiger partial charge in [-0.2, -0.15) is 0 Å². The summed E-state index contributed by atoms with van der Waals surface area (Å²) >= 11 is 1.95. The fourth-order valence-electron chi connectivity index (χ4n) is 3.15. The Labute approximate surface area is 115 Å². The minimum absolute atomic E-state index is 0.463. The van der Waals surface area contributed by atoms with Gasteiger partial charge in [-0.05, 0) is 49.7 Å². The molecule has 0 saturated heterocycles. The maximum Gasteiger partial charge on any atom is 0.0287 e. The van der Waals surface area contributed by atoms with E-state index in [1.54, 1.807) is 0 Å². The zero-order chi connectivity index (χ0) is 13.0. The van der Waals surface area contributed by atoms with Crippen molar-refractivity contribution in [3.05, 3.63) is 21.9 Å². The number of hydrogen-bond donors (Lipinski definition) is 2. The molecule has 0 bridgehead atoms. The largest absolute Gasteiger partial charge is 0.271 e. The molecule has 1 aliphatic carbocycles. The van der Waals surface area contributed by atoms with Crippen LogP contribution in [0.1, 0.15) is 49.3 Å². The summed E-state index contributed by atoms with van der Waals surface area (Å²) in [4.78, 5) is 2.97. The van der Waals surface area contributed by atoms with Crippen LogP contribution in [0.4, 0.5) is 0 Å². The zero-order valence-electron chi connectivity index (χ0n) is 11.6. The lowest BCUT2D eigenvalue weighted by atomic mass is 9.93. The van der Waals surface area contributed by atoms with E-state index in [1.165, 1.54) is 35.4 Å². The van der Waals surface area contributed by atoms with Gasteiger partial charge >= 0.3 is 0 Å². The van der Waals surface area contributed by atoms with Crippen molar-refractivity contribution in [2.75, 3.05) is 0 Å². The number of thiophene rings is 1. The molecule has 1 heterocycles. The van der Waals surface area contributed by atoms with Crippen molar-refractivity contribution in [2.24, 2.45) is 17.7 Å². The Kier molecular flexibility index (Phi) is 5.22. The van der Waals surface area contributed by atoms with Gasteiger partial charge in [0.25, 0.3) is 0 Å². The third-order valence-corrected chi connectivity index (χ3v) is 5.68. The summed E-state index contributed by atoms with van der Waals surface area (Å²) in [6.07, 6.45) is 7.67. The molecule has 3 N–H and O–H groups in total. The number of hydrazine groups is 1.